The van der Waals surface area contributed by atoms with Gasteiger partial charge in [0.15, 0.2) is 5.69 Å². The predicted octanol–water partition coefficient (Wildman–Crippen LogP) is 1.10. The van der Waals surface area contributed by atoms with Crippen LogP contribution in [-0.2, 0) is 4.79 Å². The van der Waals surface area contributed by atoms with Crippen molar-refractivity contribution >= 4 is 35.0 Å². The van der Waals surface area contributed by atoms with Crippen LogP contribution in [0.1, 0.15) is 27.9 Å². The number of H-pyrrole nitrogens is 1. The molecule has 2 aromatic rings. The Morgan fingerprint density at radius 1 is 1.09 bits per heavy atom. The van der Waals surface area contributed by atoms with Crippen molar-refractivity contribution in [2.45, 2.75) is 6.92 Å². The van der Waals surface area contributed by atoms with Crippen molar-refractivity contribution in [1.29, 1.82) is 0 Å². The third-order valence-corrected chi connectivity index (χ3v) is 2.79. The van der Waals surface area contributed by atoms with Crippen LogP contribution in [0.2, 0.25) is 5.02 Å². The van der Waals surface area contributed by atoms with Gasteiger partial charge in [-0.2, -0.15) is 0 Å². The van der Waals surface area contributed by atoms with E-state index >= 15 is 0 Å². The van der Waals surface area contributed by atoms with Gasteiger partial charge < -0.3 is 10.3 Å². The average Bonchev–Trinajstić information content (AvgIpc) is 2.96. The maximum Gasteiger partial charge on any atom is 0.290 e. The number of benzene rings is 1. The van der Waals surface area contributed by atoms with E-state index in [1.165, 1.54) is 13.3 Å². The van der Waals surface area contributed by atoms with E-state index in [1.807, 2.05) is 0 Å². The lowest BCUT2D eigenvalue weighted by Gasteiger charge is -2.06. The van der Waals surface area contributed by atoms with Crippen molar-refractivity contribution in [3.05, 3.63) is 47.0 Å². The summed E-state index contributed by atoms with van der Waals surface area (Å²) in [5, 5.41) is 3.13. The normalized spacial score (nSPS) is 9.91. The molecule has 1 aromatic heterocycles. The molecule has 114 valence electrons. The van der Waals surface area contributed by atoms with Crippen LogP contribution in [0.25, 0.3) is 0 Å². The molecule has 2 rings (SSSR count). The first-order valence-electron chi connectivity index (χ1n) is 6.14. The Morgan fingerprint density at radius 2 is 1.77 bits per heavy atom. The first-order valence-corrected chi connectivity index (χ1v) is 6.52. The number of hydrazine groups is 1. The van der Waals surface area contributed by atoms with Gasteiger partial charge in [-0.25, -0.2) is 4.98 Å². The SMILES string of the molecule is CC(=O)NNC(=O)c1nc[nH]c1C(=O)Nc1ccc(Cl)cc1. The minimum atomic E-state index is -0.710. The number of hydrogen-bond acceptors (Lipinski definition) is 4. The molecule has 1 heterocycles. The third-order valence-electron chi connectivity index (χ3n) is 2.54. The molecule has 0 radical (unpaired) electrons. The monoisotopic (exact) mass is 321 g/mol. The maximum absolute atomic E-state index is 12.1. The number of aromatic amines is 1. The summed E-state index contributed by atoms with van der Waals surface area (Å²) in [6.45, 7) is 1.24. The molecule has 0 bridgehead atoms. The van der Waals surface area contributed by atoms with Crippen LogP contribution in [0.15, 0.2) is 30.6 Å². The van der Waals surface area contributed by atoms with Crippen molar-refractivity contribution < 1.29 is 14.4 Å². The number of anilines is 1. The fraction of sp³-hybridized carbons (Fsp3) is 0.0769. The largest absolute Gasteiger partial charge is 0.340 e. The van der Waals surface area contributed by atoms with Crippen LogP contribution in [0, 0.1) is 0 Å². The van der Waals surface area contributed by atoms with Crippen molar-refractivity contribution in [2.75, 3.05) is 5.32 Å². The summed E-state index contributed by atoms with van der Waals surface area (Å²) in [6.07, 6.45) is 1.21. The van der Waals surface area contributed by atoms with E-state index in [0.29, 0.717) is 10.7 Å². The Labute approximate surface area is 130 Å². The molecule has 1 aromatic carbocycles. The van der Waals surface area contributed by atoms with Crippen LogP contribution in [0.3, 0.4) is 0 Å². The van der Waals surface area contributed by atoms with E-state index in [-0.39, 0.29) is 11.4 Å². The maximum atomic E-state index is 12.1. The van der Waals surface area contributed by atoms with Crippen molar-refractivity contribution in [1.82, 2.24) is 20.8 Å². The molecular formula is C13H12ClN5O3. The van der Waals surface area contributed by atoms with E-state index in [4.69, 9.17) is 11.6 Å². The number of imidazole rings is 1. The van der Waals surface area contributed by atoms with Gasteiger partial charge in [-0.1, -0.05) is 11.6 Å². The fourth-order valence-corrected chi connectivity index (χ4v) is 1.70. The molecule has 0 saturated carbocycles. The Morgan fingerprint density at radius 3 is 2.41 bits per heavy atom. The average molecular weight is 322 g/mol. The van der Waals surface area contributed by atoms with Gasteiger partial charge in [0, 0.05) is 17.6 Å². The lowest BCUT2D eigenvalue weighted by molar-refractivity contribution is -0.119. The summed E-state index contributed by atoms with van der Waals surface area (Å²) in [6, 6.07) is 6.48. The number of nitrogens with one attached hydrogen (secondary N) is 4. The minimum Gasteiger partial charge on any atom is -0.340 e. The van der Waals surface area contributed by atoms with Gasteiger partial charge in [0.2, 0.25) is 5.91 Å². The molecular weight excluding hydrogens is 310 g/mol. The molecule has 4 N–H and O–H groups in total. The summed E-state index contributed by atoms with van der Waals surface area (Å²) in [4.78, 5) is 41.1. The molecule has 0 aliphatic heterocycles. The first-order chi connectivity index (χ1) is 10.5. The Bertz CT molecular complexity index is 711. The Kier molecular flexibility index (Phi) is 4.74. The highest BCUT2D eigenvalue weighted by molar-refractivity contribution is 6.30. The number of carbonyl (C=O) groups is 3. The molecule has 3 amide bonds. The highest BCUT2D eigenvalue weighted by atomic mass is 35.5. The molecule has 0 unspecified atom stereocenters. The summed E-state index contributed by atoms with van der Waals surface area (Å²) in [7, 11) is 0. The van der Waals surface area contributed by atoms with Gasteiger partial charge in [-0.15, -0.1) is 0 Å². The van der Waals surface area contributed by atoms with Gasteiger partial charge in [-0.3, -0.25) is 25.2 Å². The number of aromatic nitrogens is 2. The topological polar surface area (TPSA) is 116 Å². The van der Waals surface area contributed by atoms with Crippen LogP contribution < -0.4 is 16.2 Å². The number of hydrogen-bond donors (Lipinski definition) is 4. The Hall–Kier alpha value is -2.87. The van der Waals surface area contributed by atoms with Crippen LogP contribution in [-0.4, -0.2) is 27.7 Å². The van der Waals surface area contributed by atoms with Crippen molar-refractivity contribution in [3.8, 4) is 0 Å². The van der Waals surface area contributed by atoms with Gasteiger partial charge in [-0.05, 0) is 24.3 Å². The highest BCUT2D eigenvalue weighted by Gasteiger charge is 2.20. The molecule has 0 fully saturated rings. The summed E-state index contributed by atoms with van der Waals surface area (Å²) >= 11 is 5.76. The number of carbonyl (C=O) groups excluding carboxylic acids is 3. The van der Waals surface area contributed by atoms with Crippen LogP contribution in [0.4, 0.5) is 5.69 Å². The van der Waals surface area contributed by atoms with Crippen molar-refractivity contribution in [2.24, 2.45) is 0 Å². The second-order valence-electron chi connectivity index (χ2n) is 4.22. The smallest absolute Gasteiger partial charge is 0.290 e. The van der Waals surface area contributed by atoms with Crippen molar-refractivity contribution in [3.63, 3.8) is 0 Å². The molecule has 0 saturated heterocycles. The molecule has 0 spiro atoms. The zero-order valence-corrected chi connectivity index (χ0v) is 12.2. The van der Waals surface area contributed by atoms with Gasteiger partial charge in [0.25, 0.3) is 11.8 Å². The van der Waals surface area contributed by atoms with Crippen LogP contribution >= 0.6 is 11.6 Å². The zero-order chi connectivity index (χ0) is 16.1. The standard InChI is InChI=1S/C13H12ClN5O3/c1-7(20)18-19-13(22)11-10(15-6-16-11)12(21)17-9-4-2-8(14)3-5-9/h2-6H,1H3,(H,15,16)(H,17,21)(H,18,20)(H,19,22). The predicted molar refractivity (Wildman–Crippen MR) is 79.3 cm³/mol. The minimum absolute atomic E-state index is 0.0298. The lowest BCUT2D eigenvalue weighted by Crippen LogP contribution is -2.41. The number of rotatable bonds is 3. The van der Waals surface area contributed by atoms with E-state index < -0.39 is 17.7 Å². The summed E-state index contributed by atoms with van der Waals surface area (Å²) in [5.41, 5.74) is 4.59. The lowest BCUT2D eigenvalue weighted by atomic mass is 10.2. The summed E-state index contributed by atoms with van der Waals surface area (Å²) in [5.74, 6) is -1.71. The van der Waals surface area contributed by atoms with Gasteiger partial charge >= 0.3 is 0 Å². The summed E-state index contributed by atoms with van der Waals surface area (Å²) < 4.78 is 0. The third kappa shape index (κ3) is 3.83. The molecule has 0 aliphatic rings. The second-order valence-corrected chi connectivity index (χ2v) is 4.66. The van der Waals surface area contributed by atoms with Crippen LogP contribution in [0.5, 0.6) is 0 Å². The zero-order valence-electron chi connectivity index (χ0n) is 11.4. The molecule has 0 aliphatic carbocycles. The van der Waals surface area contributed by atoms with E-state index in [9.17, 15) is 14.4 Å². The van der Waals surface area contributed by atoms with E-state index in [0.717, 1.165) is 0 Å². The number of nitrogens with zero attached hydrogens (tertiary/aromatic N) is 1. The molecule has 9 heteroatoms. The quantitative estimate of drug-likeness (QED) is 0.633. The molecule has 22 heavy (non-hydrogen) atoms. The number of amides is 3. The van der Waals surface area contributed by atoms with Gasteiger partial charge in [0.1, 0.15) is 5.69 Å². The molecule has 8 nitrogen and oxygen atoms in total. The van der Waals surface area contributed by atoms with E-state index in [1.54, 1.807) is 24.3 Å². The first kappa shape index (κ1) is 15.5. The molecule has 0 atom stereocenters. The fourth-order valence-electron chi connectivity index (χ4n) is 1.57. The van der Waals surface area contributed by atoms with Gasteiger partial charge in [0.05, 0.1) is 6.33 Å². The Balaban J connectivity index is 2.10. The second kappa shape index (κ2) is 6.72. The number of halogens is 1. The van der Waals surface area contributed by atoms with E-state index in [2.05, 4.69) is 26.1 Å². The highest BCUT2D eigenvalue weighted by Crippen LogP contribution is 2.14.